The van der Waals surface area contributed by atoms with E-state index in [2.05, 4.69) is 59.8 Å². The summed E-state index contributed by atoms with van der Waals surface area (Å²) in [5, 5.41) is 2.34. The first-order valence-electron chi connectivity index (χ1n) is 12.3. The SMILES string of the molecule is Cc1cc(C=C2C(=O)N(Cc3ccccn3)C(=O)c3ccccc32)c(C)n1-c1cccc2ccccc12. The first-order chi connectivity index (χ1) is 18.0. The lowest BCUT2D eigenvalue weighted by molar-refractivity contribution is -0.123. The number of hydrogen-bond acceptors (Lipinski definition) is 3. The van der Waals surface area contributed by atoms with Gasteiger partial charge >= 0.3 is 0 Å². The van der Waals surface area contributed by atoms with Gasteiger partial charge in [0, 0.05) is 34.1 Å². The Morgan fingerprint density at radius 1 is 0.784 bits per heavy atom. The third kappa shape index (κ3) is 3.85. The molecule has 3 heterocycles. The van der Waals surface area contributed by atoms with E-state index in [1.165, 1.54) is 10.3 Å². The number of carbonyl (C=O) groups is 2. The van der Waals surface area contributed by atoms with Gasteiger partial charge in [-0.1, -0.05) is 60.7 Å². The van der Waals surface area contributed by atoms with Gasteiger partial charge in [-0.2, -0.15) is 0 Å². The second-order valence-corrected chi connectivity index (χ2v) is 9.28. The minimum atomic E-state index is -0.315. The van der Waals surface area contributed by atoms with Gasteiger partial charge in [0.25, 0.3) is 11.8 Å². The summed E-state index contributed by atoms with van der Waals surface area (Å²) < 4.78 is 2.23. The molecule has 0 unspecified atom stereocenters. The van der Waals surface area contributed by atoms with Crippen LogP contribution in [0.4, 0.5) is 0 Å². The molecule has 0 saturated carbocycles. The third-order valence-corrected chi connectivity index (χ3v) is 6.99. The summed E-state index contributed by atoms with van der Waals surface area (Å²) in [6.45, 7) is 4.26. The standard InChI is InChI=1S/C32H25N3O2/c1-21-18-24(22(2)35(21)30-16-9-11-23-10-3-4-13-26(23)30)19-29-27-14-5-6-15-28(27)31(36)34(32(29)37)20-25-12-7-8-17-33-25/h3-19H,20H2,1-2H3. The van der Waals surface area contributed by atoms with Crippen LogP contribution in [0.3, 0.4) is 0 Å². The molecule has 0 fully saturated rings. The molecule has 3 aromatic carbocycles. The smallest absolute Gasteiger partial charge is 0.261 e. The zero-order valence-electron chi connectivity index (χ0n) is 20.7. The molecule has 0 radical (unpaired) electrons. The first kappa shape index (κ1) is 22.7. The van der Waals surface area contributed by atoms with Crippen LogP contribution in [0.2, 0.25) is 0 Å². The number of benzene rings is 3. The molecule has 2 amide bonds. The fourth-order valence-corrected chi connectivity index (χ4v) is 5.20. The summed E-state index contributed by atoms with van der Waals surface area (Å²) in [5.41, 5.74) is 6.48. The summed E-state index contributed by atoms with van der Waals surface area (Å²) in [5.74, 6) is -0.617. The van der Waals surface area contributed by atoms with Crippen molar-refractivity contribution >= 4 is 34.2 Å². The quantitative estimate of drug-likeness (QED) is 0.221. The normalized spacial score (nSPS) is 14.4. The number of amides is 2. The molecule has 0 atom stereocenters. The van der Waals surface area contributed by atoms with Crippen molar-refractivity contribution in [2.45, 2.75) is 20.4 Å². The van der Waals surface area contributed by atoms with Gasteiger partial charge in [0.15, 0.2) is 0 Å². The molecule has 0 aliphatic carbocycles. The van der Waals surface area contributed by atoms with E-state index in [-0.39, 0.29) is 18.4 Å². The summed E-state index contributed by atoms with van der Waals surface area (Å²) in [6, 6.07) is 29.5. The van der Waals surface area contributed by atoms with Crippen molar-refractivity contribution in [3.63, 3.8) is 0 Å². The minimum Gasteiger partial charge on any atom is -0.317 e. The highest BCUT2D eigenvalue weighted by atomic mass is 16.2. The lowest BCUT2D eigenvalue weighted by Gasteiger charge is -2.28. The molecule has 0 spiro atoms. The van der Waals surface area contributed by atoms with Gasteiger partial charge in [0.2, 0.25) is 0 Å². The maximum atomic E-state index is 13.8. The van der Waals surface area contributed by atoms with Gasteiger partial charge in [-0.25, -0.2) is 0 Å². The average molecular weight is 484 g/mol. The highest BCUT2D eigenvalue weighted by Crippen LogP contribution is 2.34. The topological polar surface area (TPSA) is 55.2 Å². The highest BCUT2D eigenvalue weighted by molar-refractivity contribution is 6.33. The van der Waals surface area contributed by atoms with Crippen LogP contribution in [0.15, 0.2) is 97.2 Å². The van der Waals surface area contributed by atoms with Crippen molar-refractivity contribution in [1.82, 2.24) is 14.5 Å². The number of fused-ring (bicyclic) bond motifs is 2. The van der Waals surface area contributed by atoms with Crippen molar-refractivity contribution < 1.29 is 9.59 Å². The fourth-order valence-electron chi connectivity index (χ4n) is 5.20. The maximum absolute atomic E-state index is 13.8. The molecule has 5 aromatic rings. The Morgan fingerprint density at radius 3 is 2.32 bits per heavy atom. The van der Waals surface area contributed by atoms with Crippen LogP contribution in [0, 0.1) is 13.8 Å². The Morgan fingerprint density at radius 2 is 1.51 bits per heavy atom. The van der Waals surface area contributed by atoms with E-state index in [9.17, 15) is 9.59 Å². The van der Waals surface area contributed by atoms with E-state index >= 15 is 0 Å². The molecular formula is C32H25N3O2. The number of pyridine rings is 1. The van der Waals surface area contributed by atoms with Gasteiger partial charge in [-0.15, -0.1) is 0 Å². The van der Waals surface area contributed by atoms with Crippen molar-refractivity contribution in [1.29, 1.82) is 0 Å². The molecule has 37 heavy (non-hydrogen) atoms. The molecule has 1 aliphatic rings. The number of rotatable bonds is 4. The zero-order valence-corrected chi connectivity index (χ0v) is 20.7. The maximum Gasteiger partial charge on any atom is 0.261 e. The van der Waals surface area contributed by atoms with Crippen molar-refractivity contribution in [2.75, 3.05) is 0 Å². The number of nitrogens with zero attached hydrogens (tertiary/aromatic N) is 3. The summed E-state index contributed by atoms with van der Waals surface area (Å²) in [6.07, 6.45) is 3.59. The molecule has 6 rings (SSSR count). The van der Waals surface area contributed by atoms with Crippen molar-refractivity contribution in [2.24, 2.45) is 0 Å². The predicted octanol–water partition coefficient (Wildman–Crippen LogP) is 6.37. The zero-order chi connectivity index (χ0) is 25.5. The first-order valence-corrected chi connectivity index (χ1v) is 12.3. The molecule has 5 heteroatoms. The highest BCUT2D eigenvalue weighted by Gasteiger charge is 2.35. The van der Waals surface area contributed by atoms with E-state index in [1.807, 2.05) is 54.6 Å². The Hall–Kier alpha value is -4.77. The molecule has 5 nitrogen and oxygen atoms in total. The van der Waals surface area contributed by atoms with E-state index in [1.54, 1.807) is 12.3 Å². The Kier molecular flexibility index (Phi) is 5.53. The molecule has 1 aliphatic heterocycles. The van der Waals surface area contributed by atoms with E-state index in [4.69, 9.17) is 0 Å². The number of aryl methyl sites for hydroxylation is 1. The second kappa shape index (κ2) is 9.03. The molecule has 2 aromatic heterocycles. The Balaban J connectivity index is 1.48. The molecular weight excluding hydrogens is 458 g/mol. The van der Waals surface area contributed by atoms with Crippen LogP contribution >= 0.6 is 0 Å². The van der Waals surface area contributed by atoms with Gasteiger partial charge < -0.3 is 4.57 Å². The van der Waals surface area contributed by atoms with Crippen LogP contribution in [0.25, 0.3) is 28.1 Å². The fraction of sp³-hybridized carbons (Fsp3) is 0.0938. The molecule has 180 valence electrons. The third-order valence-electron chi connectivity index (χ3n) is 6.99. The second-order valence-electron chi connectivity index (χ2n) is 9.28. The van der Waals surface area contributed by atoms with Crippen LogP contribution in [-0.2, 0) is 11.3 Å². The van der Waals surface area contributed by atoms with Gasteiger partial charge in [0.05, 0.1) is 17.9 Å². The minimum absolute atomic E-state index is 0.124. The summed E-state index contributed by atoms with van der Waals surface area (Å²) in [7, 11) is 0. The van der Waals surface area contributed by atoms with Crippen LogP contribution in [-0.4, -0.2) is 26.3 Å². The molecule has 0 saturated heterocycles. The summed E-state index contributed by atoms with van der Waals surface area (Å²) in [4.78, 5) is 32.7. The molecule has 0 bridgehead atoms. The Bertz CT molecular complexity index is 1710. The van der Waals surface area contributed by atoms with Gasteiger partial charge in [0.1, 0.15) is 0 Å². The van der Waals surface area contributed by atoms with Crippen LogP contribution in [0.1, 0.15) is 38.6 Å². The largest absolute Gasteiger partial charge is 0.317 e. The lowest BCUT2D eigenvalue weighted by atomic mass is 9.92. The number of carbonyl (C=O) groups excluding carboxylic acids is 2. The van der Waals surface area contributed by atoms with Gasteiger partial charge in [-0.05, 0) is 66.8 Å². The van der Waals surface area contributed by atoms with E-state index < -0.39 is 0 Å². The summed E-state index contributed by atoms with van der Waals surface area (Å²) >= 11 is 0. The average Bonchev–Trinajstić information content (AvgIpc) is 3.21. The Labute approximate surface area is 215 Å². The van der Waals surface area contributed by atoms with E-state index in [0.29, 0.717) is 22.4 Å². The number of imide groups is 1. The van der Waals surface area contributed by atoms with Crippen molar-refractivity contribution in [3.8, 4) is 5.69 Å². The number of aromatic nitrogens is 2. The van der Waals surface area contributed by atoms with E-state index in [0.717, 1.165) is 28.0 Å². The van der Waals surface area contributed by atoms with Gasteiger partial charge in [-0.3, -0.25) is 19.5 Å². The lowest BCUT2D eigenvalue weighted by Crippen LogP contribution is -2.41. The van der Waals surface area contributed by atoms with Crippen molar-refractivity contribution in [3.05, 3.63) is 131 Å². The monoisotopic (exact) mass is 483 g/mol. The number of hydrogen-bond donors (Lipinski definition) is 0. The molecule has 0 N–H and O–H groups in total. The predicted molar refractivity (Wildman–Crippen MR) is 146 cm³/mol. The van der Waals surface area contributed by atoms with Crippen LogP contribution in [0.5, 0.6) is 0 Å². The van der Waals surface area contributed by atoms with Crippen LogP contribution < -0.4 is 0 Å².